The number of rotatable bonds is 13. The van der Waals surface area contributed by atoms with Gasteiger partial charge in [-0.15, -0.1) is 0 Å². The van der Waals surface area contributed by atoms with E-state index >= 15 is 0 Å². The van der Waals surface area contributed by atoms with Crippen LogP contribution < -0.4 is 14.7 Å². The van der Waals surface area contributed by atoms with Gasteiger partial charge in [0.05, 0.1) is 19.6 Å². The molecule has 3 saturated heterocycles. The molecule has 9 amide bonds. The molecule has 3 unspecified atom stereocenters. The van der Waals surface area contributed by atoms with Gasteiger partial charge >= 0.3 is 18.1 Å². The van der Waals surface area contributed by atoms with Gasteiger partial charge in [0.25, 0.3) is 17.7 Å². The second-order valence-corrected chi connectivity index (χ2v) is 12.4. The molecule has 1 aromatic heterocycles. The average Bonchev–Trinajstić information content (AvgIpc) is 3.68. The van der Waals surface area contributed by atoms with Gasteiger partial charge in [-0.1, -0.05) is 91.0 Å². The summed E-state index contributed by atoms with van der Waals surface area (Å²) >= 11 is 0. The standard InChI is InChI=1S/C37H35N9O9/c1-4-55-31-28(49)46(37(52)43(31)22-25-18-12-7-13-19-25)34-39-32(44-26(47)29(53-2)41(35(44)50)20-23-14-8-5-9-15-23)38-33(40-34)45-27(48)30(54-3)42(36(45)51)21-24-16-10-6-11-17-24/h5-19,29-31H,4,20-22H2,1-3H3. The Balaban J connectivity index is 1.33. The quantitative estimate of drug-likeness (QED) is 0.182. The van der Waals surface area contributed by atoms with Crippen molar-refractivity contribution in [1.82, 2.24) is 29.7 Å². The zero-order valence-corrected chi connectivity index (χ0v) is 29.9. The molecule has 4 aromatic rings. The minimum absolute atomic E-state index is 0.0441. The van der Waals surface area contributed by atoms with Crippen molar-refractivity contribution < 1.29 is 43.0 Å². The maximum absolute atomic E-state index is 14.1. The molecule has 18 nitrogen and oxygen atoms in total. The third-order valence-electron chi connectivity index (χ3n) is 9.01. The van der Waals surface area contributed by atoms with Crippen molar-refractivity contribution in [3.8, 4) is 0 Å². The first-order valence-electron chi connectivity index (χ1n) is 17.2. The molecule has 7 rings (SSSR count). The fourth-order valence-electron chi connectivity index (χ4n) is 6.46. The molecule has 0 saturated carbocycles. The van der Waals surface area contributed by atoms with Crippen molar-refractivity contribution in [2.24, 2.45) is 0 Å². The number of aromatic nitrogens is 3. The van der Waals surface area contributed by atoms with E-state index in [4.69, 9.17) is 14.2 Å². The van der Waals surface area contributed by atoms with Crippen LogP contribution in [0, 0.1) is 0 Å². The van der Waals surface area contributed by atoms with E-state index in [2.05, 4.69) is 15.0 Å². The molecule has 0 N–H and O–H groups in total. The van der Waals surface area contributed by atoms with E-state index in [1.54, 1.807) is 97.9 Å². The molecule has 3 aromatic carbocycles. The van der Waals surface area contributed by atoms with Gasteiger partial charge in [0, 0.05) is 20.8 Å². The Hall–Kier alpha value is -6.63. The minimum Gasteiger partial charge on any atom is -0.353 e. The number of anilines is 3. The van der Waals surface area contributed by atoms with Gasteiger partial charge < -0.3 is 14.2 Å². The second kappa shape index (κ2) is 15.4. The van der Waals surface area contributed by atoms with Gasteiger partial charge in [-0.3, -0.25) is 29.1 Å². The van der Waals surface area contributed by atoms with Crippen LogP contribution >= 0.6 is 0 Å². The first kappa shape index (κ1) is 36.7. The van der Waals surface area contributed by atoms with Gasteiger partial charge in [0.15, 0.2) is 0 Å². The normalized spacial score (nSPS) is 20.2. The minimum atomic E-state index is -1.43. The van der Waals surface area contributed by atoms with E-state index < -0.39 is 72.3 Å². The molecule has 55 heavy (non-hydrogen) atoms. The smallest absolute Gasteiger partial charge is 0.336 e. The van der Waals surface area contributed by atoms with Crippen molar-refractivity contribution in [3.63, 3.8) is 0 Å². The van der Waals surface area contributed by atoms with E-state index in [9.17, 15) is 28.8 Å². The predicted octanol–water partition coefficient (Wildman–Crippen LogP) is 3.09. The van der Waals surface area contributed by atoms with Crippen LogP contribution in [0.3, 0.4) is 0 Å². The molecular formula is C37H35N9O9. The zero-order valence-electron chi connectivity index (χ0n) is 29.9. The Bertz CT molecular complexity index is 2020. The van der Waals surface area contributed by atoms with Crippen LogP contribution in [0.25, 0.3) is 0 Å². The molecule has 0 spiro atoms. The summed E-state index contributed by atoms with van der Waals surface area (Å²) < 4.78 is 16.6. The SMILES string of the molecule is CCOC1C(=O)N(c2nc(N3C(=O)C(OC)N(Cc4ccccc4)C3=O)nc(N3C(=O)C(OC)N(Cc4ccccc4)C3=O)n2)C(=O)N1Cc1ccccc1. The van der Waals surface area contributed by atoms with Crippen LogP contribution in [-0.2, 0) is 48.2 Å². The van der Waals surface area contributed by atoms with E-state index in [-0.39, 0.29) is 26.2 Å². The Morgan fingerprint density at radius 3 is 1.05 bits per heavy atom. The Morgan fingerprint density at radius 2 is 0.764 bits per heavy atom. The summed E-state index contributed by atoms with van der Waals surface area (Å²) in [7, 11) is 2.48. The highest BCUT2D eigenvalue weighted by Crippen LogP contribution is 2.33. The Morgan fingerprint density at radius 1 is 0.473 bits per heavy atom. The number of urea groups is 3. The highest BCUT2D eigenvalue weighted by atomic mass is 16.5. The number of hydrogen-bond acceptors (Lipinski definition) is 12. The van der Waals surface area contributed by atoms with E-state index in [1.165, 1.54) is 14.2 Å². The number of nitrogens with zero attached hydrogens (tertiary/aromatic N) is 9. The summed E-state index contributed by atoms with van der Waals surface area (Å²) in [4.78, 5) is 102. The van der Waals surface area contributed by atoms with E-state index in [0.717, 1.165) is 14.7 Å². The maximum atomic E-state index is 14.1. The maximum Gasteiger partial charge on any atom is 0.336 e. The first-order chi connectivity index (χ1) is 26.7. The molecule has 18 heteroatoms. The van der Waals surface area contributed by atoms with Crippen LogP contribution in [0.4, 0.5) is 32.2 Å². The second-order valence-electron chi connectivity index (χ2n) is 12.4. The summed E-state index contributed by atoms with van der Waals surface area (Å²) in [5.41, 5.74) is 2.04. The Labute approximate surface area is 314 Å². The van der Waals surface area contributed by atoms with Gasteiger partial charge in [0.2, 0.25) is 36.5 Å². The van der Waals surface area contributed by atoms with Crippen molar-refractivity contribution in [1.29, 1.82) is 0 Å². The van der Waals surface area contributed by atoms with Crippen molar-refractivity contribution in [2.75, 3.05) is 35.5 Å². The summed E-state index contributed by atoms with van der Waals surface area (Å²) in [5, 5.41) is 0. The average molecular weight is 750 g/mol. The van der Waals surface area contributed by atoms with Gasteiger partial charge in [-0.2, -0.15) is 29.7 Å². The van der Waals surface area contributed by atoms with E-state index in [1.807, 2.05) is 0 Å². The Kier molecular flexibility index (Phi) is 10.3. The third-order valence-corrected chi connectivity index (χ3v) is 9.01. The molecule has 0 aliphatic carbocycles. The van der Waals surface area contributed by atoms with Crippen LogP contribution in [0.2, 0.25) is 0 Å². The lowest BCUT2D eigenvalue weighted by atomic mass is 10.2. The molecule has 3 fully saturated rings. The highest BCUT2D eigenvalue weighted by molar-refractivity contribution is 6.23. The van der Waals surface area contributed by atoms with Crippen LogP contribution in [0.5, 0.6) is 0 Å². The largest absolute Gasteiger partial charge is 0.353 e. The number of amides is 9. The van der Waals surface area contributed by atoms with Crippen molar-refractivity contribution in [3.05, 3.63) is 108 Å². The molecule has 3 aliphatic rings. The summed E-state index contributed by atoms with van der Waals surface area (Å²) in [5.74, 6) is -4.77. The zero-order chi connectivity index (χ0) is 38.8. The number of methoxy groups -OCH3 is 2. The van der Waals surface area contributed by atoms with Gasteiger partial charge in [0.1, 0.15) is 0 Å². The van der Waals surface area contributed by atoms with Crippen LogP contribution in [0.1, 0.15) is 23.6 Å². The number of carbonyl (C=O) groups excluding carboxylic acids is 6. The lowest BCUT2D eigenvalue weighted by Crippen LogP contribution is -2.39. The van der Waals surface area contributed by atoms with Gasteiger partial charge in [-0.25, -0.2) is 14.4 Å². The van der Waals surface area contributed by atoms with Crippen LogP contribution in [0.15, 0.2) is 91.0 Å². The molecule has 4 heterocycles. The fourth-order valence-corrected chi connectivity index (χ4v) is 6.46. The van der Waals surface area contributed by atoms with Crippen LogP contribution in [-0.4, -0.2) is 105 Å². The number of benzene rings is 3. The molecule has 3 atom stereocenters. The number of hydrogen-bond donors (Lipinski definition) is 0. The number of carbonyl (C=O) groups is 6. The lowest BCUT2D eigenvalue weighted by Gasteiger charge is -2.21. The first-order valence-corrected chi connectivity index (χ1v) is 17.2. The fraction of sp³-hybridized carbons (Fsp3) is 0.270. The number of ether oxygens (including phenoxy) is 3. The highest BCUT2D eigenvalue weighted by Gasteiger charge is 2.53. The molecule has 0 bridgehead atoms. The molecule has 282 valence electrons. The number of imide groups is 3. The monoisotopic (exact) mass is 749 g/mol. The third kappa shape index (κ3) is 6.73. The van der Waals surface area contributed by atoms with E-state index in [0.29, 0.717) is 31.4 Å². The predicted molar refractivity (Wildman–Crippen MR) is 191 cm³/mol. The topological polar surface area (TPSA) is 188 Å². The van der Waals surface area contributed by atoms with Crippen molar-refractivity contribution >= 4 is 53.7 Å². The summed E-state index contributed by atoms with van der Waals surface area (Å²) in [6.07, 6.45) is -4.27. The molecule has 0 radical (unpaired) electrons. The molecular weight excluding hydrogens is 714 g/mol. The summed E-state index contributed by atoms with van der Waals surface area (Å²) in [6.45, 7) is 1.56. The van der Waals surface area contributed by atoms with Crippen molar-refractivity contribution in [2.45, 2.75) is 45.2 Å². The van der Waals surface area contributed by atoms with Gasteiger partial charge in [-0.05, 0) is 23.6 Å². The lowest BCUT2D eigenvalue weighted by molar-refractivity contribution is -0.134. The molecule has 3 aliphatic heterocycles. The summed E-state index contributed by atoms with van der Waals surface area (Å²) in [6, 6.07) is 23.8.